The highest BCUT2D eigenvalue weighted by Crippen LogP contribution is 2.44. The molecule has 3 unspecified atom stereocenters. The van der Waals surface area contributed by atoms with Crippen molar-refractivity contribution in [2.75, 3.05) is 6.54 Å². The number of aromatic hydroxyl groups is 1. The zero-order chi connectivity index (χ0) is 13.8. The summed E-state index contributed by atoms with van der Waals surface area (Å²) in [4.78, 5) is 0. The first kappa shape index (κ1) is 14.4. The van der Waals surface area contributed by atoms with E-state index in [-0.39, 0.29) is 0 Å². The van der Waals surface area contributed by atoms with Crippen molar-refractivity contribution >= 4 is 0 Å². The van der Waals surface area contributed by atoms with E-state index in [9.17, 15) is 5.11 Å². The molecule has 1 saturated carbocycles. The number of hydrogen-bond acceptors (Lipinski definition) is 2. The summed E-state index contributed by atoms with van der Waals surface area (Å²) in [5.41, 5.74) is 7.28. The van der Waals surface area contributed by atoms with Gasteiger partial charge in [0.2, 0.25) is 0 Å². The Labute approximate surface area is 117 Å². The van der Waals surface area contributed by atoms with E-state index in [1.165, 1.54) is 31.2 Å². The maximum absolute atomic E-state index is 9.74. The van der Waals surface area contributed by atoms with Crippen LogP contribution in [0.3, 0.4) is 0 Å². The van der Waals surface area contributed by atoms with E-state index in [1.807, 2.05) is 12.1 Å². The highest BCUT2D eigenvalue weighted by Gasteiger charge is 2.33. The van der Waals surface area contributed by atoms with E-state index in [4.69, 9.17) is 5.73 Å². The van der Waals surface area contributed by atoms with Gasteiger partial charge >= 0.3 is 0 Å². The van der Waals surface area contributed by atoms with Crippen LogP contribution in [0.1, 0.15) is 51.0 Å². The third-order valence-corrected chi connectivity index (χ3v) is 4.50. The van der Waals surface area contributed by atoms with Crippen LogP contribution >= 0.6 is 0 Å². The molecule has 0 saturated heterocycles. The molecule has 3 atom stereocenters. The lowest BCUT2D eigenvalue weighted by Gasteiger charge is -2.39. The molecule has 0 aliphatic heterocycles. The topological polar surface area (TPSA) is 46.2 Å². The molecule has 3 N–H and O–H groups in total. The molecule has 0 spiro atoms. The second-order valence-electron chi connectivity index (χ2n) is 6.44. The Hall–Kier alpha value is -1.02. The van der Waals surface area contributed by atoms with Gasteiger partial charge in [0.15, 0.2) is 0 Å². The van der Waals surface area contributed by atoms with Crippen molar-refractivity contribution in [2.24, 2.45) is 23.5 Å². The summed E-state index contributed by atoms with van der Waals surface area (Å²) in [5.74, 6) is 2.90. The maximum Gasteiger partial charge on any atom is 0.115 e. The number of benzene rings is 1. The molecule has 2 rings (SSSR count). The van der Waals surface area contributed by atoms with Gasteiger partial charge in [-0.05, 0) is 67.2 Å². The van der Waals surface area contributed by atoms with Crippen LogP contribution in [-0.4, -0.2) is 11.7 Å². The largest absolute Gasteiger partial charge is 0.508 e. The monoisotopic (exact) mass is 261 g/mol. The smallest absolute Gasteiger partial charge is 0.115 e. The van der Waals surface area contributed by atoms with Crippen molar-refractivity contribution in [2.45, 2.75) is 45.4 Å². The second kappa shape index (κ2) is 6.42. The molecule has 1 aromatic rings. The minimum atomic E-state index is 0.377. The summed E-state index contributed by atoms with van der Waals surface area (Å²) in [6.07, 6.45) is 5.09. The van der Waals surface area contributed by atoms with Crippen molar-refractivity contribution in [3.63, 3.8) is 0 Å². The van der Waals surface area contributed by atoms with Gasteiger partial charge in [-0.15, -0.1) is 0 Å². The van der Waals surface area contributed by atoms with Gasteiger partial charge in [0, 0.05) is 0 Å². The Morgan fingerprint density at radius 1 is 1.26 bits per heavy atom. The zero-order valence-corrected chi connectivity index (χ0v) is 12.2. The molecule has 0 aromatic heterocycles. The zero-order valence-electron chi connectivity index (χ0n) is 12.2. The Kier molecular flexibility index (Phi) is 4.87. The summed E-state index contributed by atoms with van der Waals surface area (Å²) in [5, 5.41) is 9.74. The first-order chi connectivity index (χ1) is 9.11. The van der Waals surface area contributed by atoms with Gasteiger partial charge in [-0.25, -0.2) is 0 Å². The van der Waals surface area contributed by atoms with Gasteiger partial charge in [-0.3, -0.25) is 0 Å². The molecule has 1 fully saturated rings. The molecule has 1 aliphatic carbocycles. The third-order valence-electron chi connectivity index (χ3n) is 4.50. The predicted molar refractivity (Wildman–Crippen MR) is 80.2 cm³/mol. The number of hydrogen-bond donors (Lipinski definition) is 2. The van der Waals surface area contributed by atoms with E-state index in [2.05, 4.69) is 19.9 Å². The molecular weight excluding hydrogens is 234 g/mol. The van der Waals surface area contributed by atoms with Crippen molar-refractivity contribution in [3.8, 4) is 5.75 Å². The SMILES string of the molecule is CC(C)CC1CCCC(CN)C1c1cccc(O)c1. The molecule has 2 nitrogen and oxygen atoms in total. The fourth-order valence-electron chi connectivity index (χ4n) is 3.80. The lowest BCUT2D eigenvalue weighted by molar-refractivity contribution is 0.196. The number of phenolic OH excluding ortho intramolecular Hbond substituents is 1. The van der Waals surface area contributed by atoms with Crippen LogP contribution < -0.4 is 5.73 Å². The molecule has 1 aromatic carbocycles. The normalized spacial score (nSPS) is 27.7. The Morgan fingerprint density at radius 3 is 2.63 bits per heavy atom. The van der Waals surface area contributed by atoms with Crippen LogP contribution in [-0.2, 0) is 0 Å². The van der Waals surface area contributed by atoms with Gasteiger partial charge in [-0.2, -0.15) is 0 Å². The molecule has 2 heteroatoms. The number of nitrogens with two attached hydrogens (primary N) is 1. The average molecular weight is 261 g/mol. The lowest BCUT2D eigenvalue weighted by atomic mass is 9.66. The third kappa shape index (κ3) is 3.50. The fraction of sp³-hybridized carbons (Fsp3) is 0.647. The first-order valence-corrected chi connectivity index (χ1v) is 7.60. The van der Waals surface area contributed by atoms with Crippen molar-refractivity contribution in [1.82, 2.24) is 0 Å². The maximum atomic E-state index is 9.74. The average Bonchev–Trinajstić information content (AvgIpc) is 2.37. The molecule has 1 aliphatic rings. The Morgan fingerprint density at radius 2 is 2.00 bits per heavy atom. The molecule has 19 heavy (non-hydrogen) atoms. The van der Waals surface area contributed by atoms with Crippen LogP contribution in [0.2, 0.25) is 0 Å². The molecule has 0 radical (unpaired) electrons. The first-order valence-electron chi connectivity index (χ1n) is 7.60. The Bertz CT molecular complexity index is 402. The van der Waals surface area contributed by atoms with E-state index < -0.39 is 0 Å². The van der Waals surface area contributed by atoms with Gasteiger partial charge in [-0.1, -0.05) is 32.4 Å². The van der Waals surface area contributed by atoms with Crippen LogP contribution in [0.4, 0.5) is 0 Å². The standard InChI is InChI=1S/C17H27NO/c1-12(2)9-13-5-3-7-15(11-18)17(13)14-6-4-8-16(19)10-14/h4,6,8,10,12-13,15,17,19H,3,5,7,9,11,18H2,1-2H3. The molecule has 0 heterocycles. The molecule has 0 bridgehead atoms. The van der Waals surface area contributed by atoms with Crippen LogP contribution in [0, 0.1) is 17.8 Å². The van der Waals surface area contributed by atoms with Crippen LogP contribution in [0.15, 0.2) is 24.3 Å². The van der Waals surface area contributed by atoms with Crippen LogP contribution in [0.5, 0.6) is 5.75 Å². The van der Waals surface area contributed by atoms with Gasteiger partial charge in [0.05, 0.1) is 0 Å². The highest BCUT2D eigenvalue weighted by molar-refractivity contribution is 5.31. The Balaban J connectivity index is 2.27. The minimum absolute atomic E-state index is 0.377. The van der Waals surface area contributed by atoms with Crippen molar-refractivity contribution in [1.29, 1.82) is 0 Å². The van der Waals surface area contributed by atoms with Gasteiger partial charge < -0.3 is 10.8 Å². The summed E-state index contributed by atoms with van der Waals surface area (Å²) in [6, 6.07) is 7.80. The van der Waals surface area contributed by atoms with E-state index in [0.717, 1.165) is 12.5 Å². The quantitative estimate of drug-likeness (QED) is 0.863. The lowest BCUT2D eigenvalue weighted by Crippen LogP contribution is -2.32. The molecular formula is C17H27NO. The minimum Gasteiger partial charge on any atom is -0.508 e. The van der Waals surface area contributed by atoms with E-state index in [1.54, 1.807) is 6.07 Å². The van der Waals surface area contributed by atoms with Crippen molar-refractivity contribution in [3.05, 3.63) is 29.8 Å². The molecule has 0 amide bonds. The predicted octanol–water partition coefficient (Wildman–Crippen LogP) is 3.90. The number of phenols is 1. The van der Waals surface area contributed by atoms with E-state index in [0.29, 0.717) is 23.5 Å². The van der Waals surface area contributed by atoms with Gasteiger partial charge in [0.1, 0.15) is 5.75 Å². The molecule has 106 valence electrons. The number of rotatable bonds is 4. The van der Waals surface area contributed by atoms with Gasteiger partial charge in [0.25, 0.3) is 0 Å². The summed E-state index contributed by atoms with van der Waals surface area (Å²) < 4.78 is 0. The summed E-state index contributed by atoms with van der Waals surface area (Å²) in [7, 11) is 0. The summed E-state index contributed by atoms with van der Waals surface area (Å²) >= 11 is 0. The van der Waals surface area contributed by atoms with Crippen LogP contribution in [0.25, 0.3) is 0 Å². The van der Waals surface area contributed by atoms with E-state index >= 15 is 0 Å². The second-order valence-corrected chi connectivity index (χ2v) is 6.44. The summed E-state index contributed by atoms with van der Waals surface area (Å²) in [6.45, 7) is 5.35. The highest BCUT2D eigenvalue weighted by atomic mass is 16.3. The van der Waals surface area contributed by atoms with Crippen molar-refractivity contribution < 1.29 is 5.11 Å². The fourth-order valence-corrected chi connectivity index (χ4v) is 3.80.